The molecule has 1 aliphatic rings. The number of nitrogens with zero attached hydrogens (tertiary/aromatic N) is 1. The van der Waals surface area contributed by atoms with Crippen LogP contribution < -0.4 is 0 Å². The topological polar surface area (TPSA) is 57.6 Å². The molecule has 1 fully saturated rings. The van der Waals surface area contributed by atoms with Gasteiger partial charge in [-0.15, -0.1) is 0 Å². The summed E-state index contributed by atoms with van der Waals surface area (Å²) in [6.45, 7) is 1.26. The molecule has 1 N–H and O–H groups in total. The molecule has 0 aromatic heterocycles. The van der Waals surface area contributed by atoms with Crippen molar-refractivity contribution < 1.29 is 19.1 Å². The predicted molar refractivity (Wildman–Crippen MR) is 89.1 cm³/mol. The molecular weight excluding hydrogens is 317 g/mol. The smallest absolute Gasteiger partial charge is 0.303 e. The molecule has 0 aliphatic carbocycles. The molecule has 0 spiro atoms. The number of aliphatic carboxylic acids is 1. The summed E-state index contributed by atoms with van der Waals surface area (Å²) in [6.07, 6.45) is 4.47. The molecule has 0 saturated carbocycles. The Balaban J connectivity index is 2.04. The van der Waals surface area contributed by atoms with Crippen LogP contribution in [0.25, 0.3) is 0 Å². The van der Waals surface area contributed by atoms with Gasteiger partial charge in [-0.05, 0) is 55.2 Å². The molecule has 1 aromatic rings. The van der Waals surface area contributed by atoms with E-state index >= 15 is 0 Å². The molecule has 1 unspecified atom stereocenters. The number of likely N-dealkylation sites (tertiary alicyclic amines) is 1. The number of carboxylic acids is 1. The summed E-state index contributed by atoms with van der Waals surface area (Å²) in [7, 11) is 0. The van der Waals surface area contributed by atoms with Crippen LogP contribution in [0.1, 0.15) is 41.6 Å². The predicted octanol–water partition coefficient (Wildman–Crippen LogP) is 3.41. The van der Waals surface area contributed by atoms with Gasteiger partial charge in [-0.2, -0.15) is 11.8 Å². The van der Waals surface area contributed by atoms with E-state index in [9.17, 15) is 14.0 Å². The lowest BCUT2D eigenvalue weighted by Gasteiger charge is -2.32. The van der Waals surface area contributed by atoms with Crippen LogP contribution in [-0.4, -0.2) is 41.2 Å². The van der Waals surface area contributed by atoms with Crippen molar-refractivity contribution >= 4 is 23.6 Å². The third-order valence-corrected chi connectivity index (χ3v) is 4.76. The van der Waals surface area contributed by atoms with Crippen molar-refractivity contribution in [1.82, 2.24) is 4.90 Å². The number of thioether (sulfide) groups is 1. The summed E-state index contributed by atoms with van der Waals surface area (Å²) in [5.41, 5.74) is 1.05. The Bertz CT molecular complexity index is 579. The van der Waals surface area contributed by atoms with Crippen molar-refractivity contribution in [3.05, 3.63) is 35.1 Å². The molecule has 126 valence electrons. The van der Waals surface area contributed by atoms with Crippen molar-refractivity contribution in [2.24, 2.45) is 5.92 Å². The fraction of sp³-hybridized carbons (Fsp3) is 0.529. The molecular formula is C17H22FNO3S. The highest BCUT2D eigenvalue weighted by Crippen LogP contribution is 2.23. The van der Waals surface area contributed by atoms with Crippen LogP contribution in [0.5, 0.6) is 0 Å². The van der Waals surface area contributed by atoms with Crippen LogP contribution in [0.2, 0.25) is 0 Å². The van der Waals surface area contributed by atoms with Gasteiger partial charge in [0.25, 0.3) is 5.91 Å². The second-order valence-corrected chi connectivity index (χ2v) is 6.80. The maximum Gasteiger partial charge on any atom is 0.303 e. The Morgan fingerprint density at radius 2 is 2.22 bits per heavy atom. The SMILES string of the molecule is CSCc1cc(C(=O)N2CCCC(CCC(=O)O)C2)ccc1F. The van der Waals surface area contributed by atoms with E-state index in [2.05, 4.69) is 0 Å². The minimum absolute atomic E-state index is 0.0904. The molecule has 4 nitrogen and oxygen atoms in total. The first-order valence-corrected chi connectivity index (χ1v) is 9.19. The summed E-state index contributed by atoms with van der Waals surface area (Å²) >= 11 is 1.51. The minimum Gasteiger partial charge on any atom is -0.481 e. The van der Waals surface area contributed by atoms with E-state index in [0.29, 0.717) is 36.4 Å². The number of piperidine rings is 1. The van der Waals surface area contributed by atoms with Gasteiger partial charge in [0, 0.05) is 30.8 Å². The van der Waals surface area contributed by atoms with Gasteiger partial charge in [-0.25, -0.2) is 4.39 Å². The summed E-state index contributed by atoms with van der Waals surface area (Å²) in [5.74, 6) is -0.404. The quantitative estimate of drug-likeness (QED) is 0.863. The summed E-state index contributed by atoms with van der Waals surface area (Å²) in [5, 5.41) is 8.79. The standard InChI is InChI=1S/C17H22FNO3S/c1-23-11-14-9-13(5-6-15(14)18)17(22)19-8-2-3-12(10-19)4-7-16(20)21/h5-6,9,12H,2-4,7-8,10-11H2,1H3,(H,20,21). The molecule has 1 amide bonds. The van der Waals surface area contributed by atoms with E-state index < -0.39 is 5.97 Å². The van der Waals surface area contributed by atoms with E-state index in [0.717, 1.165) is 12.8 Å². The van der Waals surface area contributed by atoms with E-state index in [-0.39, 0.29) is 24.1 Å². The van der Waals surface area contributed by atoms with Crippen LogP contribution in [0, 0.1) is 11.7 Å². The van der Waals surface area contributed by atoms with Crippen LogP contribution in [0.15, 0.2) is 18.2 Å². The molecule has 1 saturated heterocycles. The molecule has 1 aromatic carbocycles. The second kappa shape index (κ2) is 8.34. The highest BCUT2D eigenvalue weighted by Gasteiger charge is 2.25. The van der Waals surface area contributed by atoms with Crippen molar-refractivity contribution in [3.63, 3.8) is 0 Å². The molecule has 1 aliphatic heterocycles. The third kappa shape index (κ3) is 4.96. The fourth-order valence-corrected chi connectivity index (χ4v) is 3.50. The van der Waals surface area contributed by atoms with Crippen LogP contribution >= 0.6 is 11.8 Å². The highest BCUT2D eigenvalue weighted by atomic mass is 32.2. The number of carbonyl (C=O) groups excluding carboxylic acids is 1. The Kier molecular flexibility index (Phi) is 6.45. The van der Waals surface area contributed by atoms with Crippen molar-refractivity contribution in [2.45, 2.75) is 31.4 Å². The zero-order valence-electron chi connectivity index (χ0n) is 13.3. The lowest BCUT2D eigenvalue weighted by molar-refractivity contribution is -0.137. The molecule has 2 rings (SSSR count). The first kappa shape index (κ1) is 17.8. The number of halogens is 1. The van der Waals surface area contributed by atoms with E-state index in [1.807, 2.05) is 6.26 Å². The molecule has 0 bridgehead atoms. The van der Waals surface area contributed by atoms with Crippen molar-refractivity contribution in [2.75, 3.05) is 19.3 Å². The van der Waals surface area contributed by atoms with E-state index in [4.69, 9.17) is 5.11 Å². The molecule has 23 heavy (non-hydrogen) atoms. The van der Waals surface area contributed by atoms with Gasteiger partial charge < -0.3 is 10.0 Å². The van der Waals surface area contributed by atoms with Crippen molar-refractivity contribution in [1.29, 1.82) is 0 Å². The van der Waals surface area contributed by atoms with Crippen LogP contribution in [0.4, 0.5) is 4.39 Å². The lowest BCUT2D eigenvalue weighted by Crippen LogP contribution is -2.40. The van der Waals surface area contributed by atoms with Crippen molar-refractivity contribution in [3.8, 4) is 0 Å². The van der Waals surface area contributed by atoms with Gasteiger partial charge in [0.05, 0.1) is 0 Å². The Labute approximate surface area is 140 Å². The van der Waals surface area contributed by atoms with E-state index in [1.165, 1.54) is 23.9 Å². The van der Waals surface area contributed by atoms with Gasteiger partial charge in [0.15, 0.2) is 0 Å². The average Bonchev–Trinajstić information content (AvgIpc) is 2.55. The fourth-order valence-electron chi connectivity index (χ4n) is 2.97. The number of hydrogen-bond acceptors (Lipinski definition) is 3. The van der Waals surface area contributed by atoms with Gasteiger partial charge >= 0.3 is 5.97 Å². The van der Waals surface area contributed by atoms with Crippen LogP contribution in [0.3, 0.4) is 0 Å². The number of amides is 1. The number of rotatable bonds is 6. The number of benzene rings is 1. The average molecular weight is 339 g/mol. The maximum atomic E-state index is 13.7. The van der Waals surface area contributed by atoms with Gasteiger partial charge in [-0.1, -0.05) is 0 Å². The molecule has 6 heteroatoms. The summed E-state index contributed by atoms with van der Waals surface area (Å²) in [6, 6.07) is 4.52. The second-order valence-electron chi connectivity index (χ2n) is 5.93. The molecule has 0 radical (unpaired) electrons. The monoisotopic (exact) mass is 339 g/mol. The Morgan fingerprint density at radius 3 is 2.91 bits per heavy atom. The van der Waals surface area contributed by atoms with Crippen LogP contribution in [-0.2, 0) is 10.5 Å². The molecule has 1 heterocycles. The normalized spacial score (nSPS) is 18.0. The first-order chi connectivity index (χ1) is 11.0. The Morgan fingerprint density at radius 1 is 1.43 bits per heavy atom. The van der Waals surface area contributed by atoms with Gasteiger partial charge in [0.1, 0.15) is 5.82 Å². The zero-order chi connectivity index (χ0) is 16.8. The number of hydrogen-bond donors (Lipinski definition) is 1. The zero-order valence-corrected chi connectivity index (χ0v) is 14.1. The summed E-state index contributed by atoms with van der Waals surface area (Å²) in [4.78, 5) is 25.1. The maximum absolute atomic E-state index is 13.7. The number of carbonyl (C=O) groups is 2. The first-order valence-electron chi connectivity index (χ1n) is 7.79. The van der Waals surface area contributed by atoms with Gasteiger partial charge in [-0.3, -0.25) is 9.59 Å². The minimum atomic E-state index is -0.798. The highest BCUT2D eigenvalue weighted by molar-refractivity contribution is 7.97. The number of carboxylic acid groups (broad SMARTS) is 1. The summed E-state index contributed by atoms with van der Waals surface area (Å²) < 4.78 is 13.7. The molecule has 1 atom stereocenters. The lowest BCUT2D eigenvalue weighted by atomic mass is 9.93. The Hall–Kier alpha value is -1.56. The van der Waals surface area contributed by atoms with E-state index in [1.54, 1.807) is 11.0 Å². The largest absolute Gasteiger partial charge is 0.481 e. The van der Waals surface area contributed by atoms with Gasteiger partial charge in [0.2, 0.25) is 0 Å². The third-order valence-electron chi connectivity index (χ3n) is 4.17.